The van der Waals surface area contributed by atoms with Gasteiger partial charge in [0.2, 0.25) is 5.95 Å². The maximum Gasteiger partial charge on any atom is 0.229 e. The predicted molar refractivity (Wildman–Crippen MR) is 133 cm³/mol. The molecule has 1 N–H and O–H groups in total. The molecule has 3 heterocycles. The van der Waals surface area contributed by atoms with Crippen LogP contribution in [0.2, 0.25) is 0 Å². The van der Waals surface area contributed by atoms with E-state index in [9.17, 15) is 0 Å². The van der Waals surface area contributed by atoms with Gasteiger partial charge in [-0.3, -0.25) is 0 Å². The van der Waals surface area contributed by atoms with Crippen molar-refractivity contribution in [3.63, 3.8) is 0 Å². The summed E-state index contributed by atoms with van der Waals surface area (Å²) in [6.07, 6.45) is 1.83. The Hall–Kier alpha value is -3.71. The van der Waals surface area contributed by atoms with Crippen molar-refractivity contribution in [3.05, 3.63) is 66.9 Å². The van der Waals surface area contributed by atoms with Gasteiger partial charge in [0.25, 0.3) is 0 Å². The highest BCUT2D eigenvalue weighted by atomic mass is 16.5. The second-order valence-electron chi connectivity index (χ2n) is 8.18. The van der Waals surface area contributed by atoms with Gasteiger partial charge >= 0.3 is 0 Å². The van der Waals surface area contributed by atoms with Crippen LogP contribution >= 0.6 is 0 Å². The van der Waals surface area contributed by atoms with Crippen molar-refractivity contribution in [1.29, 1.82) is 0 Å². The number of hydrogen-bond acceptors (Lipinski definition) is 7. The molecule has 0 radical (unpaired) electrons. The highest BCUT2D eigenvalue weighted by Gasteiger charge is 2.22. The standard InChI is InChI=1S/C26H28N6O/c1-3-33-23-12-8-7-11-21(23)22-17-19-18-27-26(28-20-9-5-4-6-10-20)30-24(19)29-25(22)32-15-13-31(2)14-16-32/h4-12,17-18H,3,13-16H2,1-2H3,(H,27,28,29,30). The van der Waals surface area contributed by atoms with Crippen LogP contribution in [0.15, 0.2) is 66.9 Å². The summed E-state index contributed by atoms with van der Waals surface area (Å²) in [4.78, 5) is 19.0. The van der Waals surface area contributed by atoms with Crippen LogP contribution in [0, 0.1) is 0 Å². The van der Waals surface area contributed by atoms with Crippen molar-refractivity contribution in [2.45, 2.75) is 6.92 Å². The Balaban J connectivity index is 1.61. The number of para-hydroxylation sites is 2. The molecule has 1 saturated heterocycles. The molecule has 0 spiro atoms. The monoisotopic (exact) mass is 440 g/mol. The van der Waals surface area contributed by atoms with Gasteiger partial charge < -0.3 is 19.9 Å². The molecule has 5 rings (SSSR count). The third kappa shape index (κ3) is 4.59. The topological polar surface area (TPSA) is 66.4 Å². The second kappa shape index (κ2) is 9.42. The molecule has 4 aromatic rings. The Morgan fingerprint density at radius 3 is 2.45 bits per heavy atom. The van der Waals surface area contributed by atoms with Crippen molar-refractivity contribution in [1.82, 2.24) is 19.9 Å². The van der Waals surface area contributed by atoms with Gasteiger partial charge in [-0.25, -0.2) is 9.97 Å². The molecule has 0 saturated carbocycles. The Labute approximate surface area is 194 Å². The van der Waals surface area contributed by atoms with Crippen LogP contribution in [0.5, 0.6) is 5.75 Å². The molecule has 0 bridgehead atoms. The summed E-state index contributed by atoms with van der Waals surface area (Å²) >= 11 is 0. The number of hydrogen-bond donors (Lipinski definition) is 1. The van der Waals surface area contributed by atoms with Gasteiger partial charge in [-0.15, -0.1) is 0 Å². The van der Waals surface area contributed by atoms with Crippen LogP contribution in [0.4, 0.5) is 17.5 Å². The zero-order valence-corrected chi connectivity index (χ0v) is 19.0. The molecule has 2 aromatic carbocycles. The first-order valence-corrected chi connectivity index (χ1v) is 11.4. The SMILES string of the molecule is CCOc1ccccc1-c1cc2cnc(Nc3ccccc3)nc2nc1N1CCN(C)CC1. The highest BCUT2D eigenvalue weighted by molar-refractivity contribution is 5.90. The van der Waals surface area contributed by atoms with Crippen LogP contribution in [-0.4, -0.2) is 59.7 Å². The number of nitrogens with one attached hydrogen (secondary N) is 1. The lowest BCUT2D eigenvalue weighted by Crippen LogP contribution is -2.45. The Morgan fingerprint density at radius 1 is 0.909 bits per heavy atom. The van der Waals surface area contributed by atoms with Crippen molar-refractivity contribution in [2.75, 3.05) is 50.1 Å². The lowest BCUT2D eigenvalue weighted by molar-refractivity contribution is 0.312. The fourth-order valence-electron chi connectivity index (χ4n) is 4.09. The molecular formula is C26H28N6O. The van der Waals surface area contributed by atoms with Gasteiger partial charge in [-0.1, -0.05) is 36.4 Å². The summed E-state index contributed by atoms with van der Waals surface area (Å²) in [5.41, 5.74) is 3.70. The summed E-state index contributed by atoms with van der Waals surface area (Å²) in [5, 5.41) is 4.17. The molecule has 1 aliphatic heterocycles. The van der Waals surface area contributed by atoms with Gasteiger partial charge in [-0.05, 0) is 38.2 Å². The summed E-state index contributed by atoms with van der Waals surface area (Å²) in [6, 6.07) is 20.2. The molecule has 1 fully saturated rings. The molecule has 33 heavy (non-hydrogen) atoms. The second-order valence-corrected chi connectivity index (χ2v) is 8.18. The summed E-state index contributed by atoms with van der Waals surface area (Å²) in [7, 11) is 2.16. The average Bonchev–Trinajstić information content (AvgIpc) is 2.85. The van der Waals surface area contributed by atoms with E-state index in [0.29, 0.717) is 18.2 Å². The Bertz CT molecular complexity index is 1240. The number of aromatic nitrogens is 3. The van der Waals surface area contributed by atoms with Crippen LogP contribution in [0.1, 0.15) is 6.92 Å². The molecule has 2 aromatic heterocycles. The minimum atomic E-state index is 0.535. The van der Waals surface area contributed by atoms with E-state index in [4.69, 9.17) is 14.7 Å². The van der Waals surface area contributed by atoms with E-state index in [-0.39, 0.29) is 0 Å². The van der Waals surface area contributed by atoms with E-state index in [1.807, 2.05) is 61.7 Å². The average molecular weight is 441 g/mol. The van der Waals surface area contributed by atoms with Gasteiger partial charge in [0.05, 0.1) is 6.61 Å². The zero-order chi connectivity index (χ0) is 22.6. The van der Waals surface area contributed by atoms with Crippen LogP contribution in [-0.2, 0) is 0 Å². The van der Waals surface area contributed by atoms with Crippen molar-refractivity contribution >= 4 is 28.5 Å². The molecule has 0 unspecified atom stereocenters. The Kier molecular flexibility index (Phi) is 6.04. The van der Waals surface area contributed by atoms with Crippen molar-refractivity contribution in [2.24, 2.45) is 0 Å². The molecule has 1 aliphatic rings. The first-order chi connectivity index (χ1) is 16.2. The molecule has 0 amide bonds. The number of benzene rings is 2. The predicted octanol–water partition coefficient (Wildman–Crippen LogP) is 4.59. The first-order valence-electron chi connectivity index (χ1n) is 11.4. The lowest BCUT2D eigenvalue weighted by Gasteiger charge is -2.34. The van der Waals surface area contributed by atoms with Crippen LogP contribution in [0.3, 0.4) is 0 Å². The lowest BCUT2D eigenvalue weighted by atomic mass is 10.0. The number of fused-ring (bicyclic) bond motifs is 1. The first kappa shape index (κ1) is 21.2. The third-order valence-corrected chi connectivity index (χ3v) is 5.86. The maximum atomic E-state index is 5.95. The van der Waals surface area contributed by atoms with Crippen molar-refractivity contribution < 1.29 is 4.74 Å². The number of nitrogens with zero attached hydrogens (tertiary/aromatic N) is 5. The number of rotatable bonds is 6. The van der Waals surface area contributed by atoms with Crippen molar-refractivity contribution in [3.8, 4) is 16.9 Å². The number of anilines is 3. The van der Waals surface area contributed by atoms with Gasteiger partial charge in [0.1, 0.15) is 11.6 Å². The summed E-state index contributed by atoms with van der Waals surface area (Å²) in [6.45, 7) is 6.44. The number of pyridine rings is 1. The fraction of sp³-hybridized carbons (Fsp3) is 0.269. The van der Waals surface area contributed by atoms with Gasteiger partial charge in [-0.2, -0.15) is 4.98 Å². The quantitative estimate of drug-likeness (QED) is 0.470. The van der Waals surface area contributed by atoms with E-state index < -0.39 is 0 Å². The molecule has 0 aliphatic carbocycles. The molecule has 0 atom stereocenters. The summed E-state index contributed by atoms with van der Waals surface area (Å²) < 4.78 is 5.95. The third-order valence-electron chi connectivity index (χ3n) is 5.86. The van der Waals surface area contributed by atoms with E-state index in [1.165, 1.54) is 0 Å². The van der Waals surface area contributed by atoms with E-state index in [0.717, 1.165) is 59.9 Å². The minimum Gasteiger partial charge on any atom is -0.493 e. The van der Waals surface area contributed by atoms with Crippen LogP contribution < -0.4 is 15.0 Å². The molecule has 7 heteroatoms. The minimum absolute atomic E-state index is 0.535. The molecule has 7 nitrogen and oxygen atoms in total. The maximum absolute atomic E-state index is 5.95. The zero-order valence-electron chi connectivity index (χ0n) is 19.0. The van der Waals surface area contributed by atoms with Gasteiger partial charge in [0.15, 0.2) is 5.65 Å². The fourth-order valence-corrected chi connectivity index (χ4v) is 4.09. The largest absolute Gasteiger partial charge is 0.493 e. The van der Waals surface area contributed by atoms with Crippen LogP contribution in [0.25, 0.3) is 22.2 Å². The van der Waals surface area contributed by atoms with E-state index in [1.54, 1.807) is 0 Å². The van der Waals surface area contributed by atoms with E-state index in [2.05, 4.69) is 39.3 Å². The number of piperazine rings is 1. The van der Waals surface area contributed by atoms with Gasteiger partial charge in [0, 0.05) is 54.6 Å². The summed E-state index contributed by atoms with van der Waals surface area (Å²) in [5.74, 6) is 2.33. The number of ether oxygens (including phenoxy) is 1. The Morgan fingerprint density at radius 2 is 1.67 bits per heavy atom. The smallest absolute Gasteiger partial charge is 0.229 e. The molecular weight excluding hydrogens is 412 g/mol. The molecule has 168 valence electrons. The van der Waals surface area contributed by atoms with E-state index >= 15 is 0 Å². The normalized spacial score (nSPS) is 14.4. The number of likely N-dealkylation sites (N-methyl/N-ethyl adjacent to an activating group) is 1. The highest BCUT2D eigenvalue weighted by Crippen LogP contribution is 2.38.